The molecule has 0 aromatic heterocycles. The number of anilines is 2. The molecule has 0 amide bonds. The molecule has 1 fully saturated rings. The van der Waals surface area contributed by atoms with Gasteiger partial charge in [0, 0.05) is 23.3 Å². The summed E-state index contributed by atoms with van der Waals surface area (Å²) in [6.45, 7) is 0. The van der Waals surface area contributed by atoms with E-state index in [1.54, 1.807) is 12.1 Å². The van der Waals surface area contributed by atoms with Crippen LogP contribution in [0.3, 0.4) is 0 Å². The van der Waals surface area contributed by atoms with Crippen LogP contribution in [0.15, 0.2) is 90.5 Å². The summed E-state index contributed by atoms with van der Waals surface area (Å²) in [5.74, 6) is -0.704. The van der Waals surface area contributed by atoms with Crippen LogP contribution in [-0.4, -0.2) is 17.1 Å². The first-order chi connectivity index (χ1) is 16.2. The first kappa shape index (κ1) is 20.8. The number of nitriles is 1. The van der Waals surface area contributed by atoms with Crippen molar-refractivity contribution in [2.24, 2.45) is 0 Å². The van der Waals surface area contributed by atoms with Crippen LogP contribution in [-0.2, 0) is 4.79 Å². The van der Waals surface area contributed by atoms with Crippen LogP contribution in [0.25, 0.3) is 17.2 Å². The minimum Gasteiger partial charge on any atom is -0.477 e. The molecule has 162 valence electrons. The SMILES string of the molecule is N#CC(=CC=Cc1ccc2c(c1)C1CCCC1N2c1ccc(-c2ccccc2)cc1)C(=O)O. The second kappa shape index (κ2) is 8.80. The number of carboxylic acid groups (broad SMARTS) is 1. The lowest BCUT2D eigenvalue weighted by molar-refractivity contribution is -0.132. The monoisotopic (exact) mass is 432 g/mol. The molecule has 1 aliphatic heterocycles. The number of rotatable bonds is 5. The van der Waals surface area contributed by atoms with Gasteiger partial charge in [-0.3, -0.25) is 0 Å². The highest BCUT2D eigenvalue weighted by atomic mass is 16.4. The molecule has 1 N–H and O–H groups in total. The third-order valence-electron chi connectivity index (χ3n) is 6.68. The van der Waals surface area contributed by atoms with Crippen LogP contribution >= 0.6 is 0 Å². The summed E-state index contributed by atoms with van der Waals surface area (Å²) >= 11 is 0. The number of carbonyl (C=O) groups is 1. The summed E-state index contributed by atoms with van der Waals surface area (Å²) in [6.07, 6.45) is 8.42. The van der Waals surface area contributed by atoms with Crippen molar-refractivity contribution < 1.29 is 9.90 Å². The Kier molecular flexibility index (Phi) is 5.54. The van der Waals surface area contributed by atoms with Gasteiger partial charge in [0.25, 0.3) is 0 Å². The van der Waals surface area contributed by atoms with Gasteiger partial charge in [-0.05, 0) is 65.4 Å². The van der Waals surface area contributed by atoms with Gasteiger partial charge >= 0.3 is 5.97 Å². The van der Waals surface area contributed by atoms with Crippen LogP contribution in [0.1, 0.15) is 36.3 Å². The molecule has 0 radical (unpaired) electrons. The Bertz CT molecular complexity index is 1280. The summed E-state index contributed by atoms with van der Waals surface area (Å²) in [5, 5.41) is 17.9. The number of fused-ring (bicyclic) bond motifs is 3. The maximum absolute atomic E-state index is 11.0. The van der Waals surface area contributed by atoms with Gasteiger partial charge in [0.15, 0.2) is 0 Å². The zero-order valence-electron chi connectivity index (χ0n) is 18.2. The second-order valence-electron chi connectivity index (χ2n) is 8.56. The third kappa shape index (κ3) is 3.94. The summed E-state index contributed by atoms with van der Waals surface area (Å²) in [6, 6.07) is 27.9. The first-order valence-corrected chi connectivity index (χ1v) is 11.3. The van der Waals surface area contributed by atoms with Crippen molar-refractivity contribution in [3.05, 3.63) is 102 Å². The van der Waals surface area contributed by atoms with Crippen molar-refractivity contribution in [2.45, 2.75) is 31.2 Å². The lowest BCUT2D eigenvalue weighted by Gasteiger charge is -2.27. The fourth-order valence-electron chi connectivity index (χ4n) is 5.17. The van der Waals surface area contributed by atoms with E-state index in [1.165, 1.54) is 53.4 Å². The van der Waals surface area contributed by atoms with Crippen LogP contribution in [0.2, 0.25) is 0 Å². The van der Waals surface area contributed by atoms with Crippen LogP contribution in [0, 0.1) is 11.3 Å². The number of allylic oxidation sites excluding steroid dienone is 2. The van der Waals surface area contributed by atoms with Gasteiger partial charge in [-0.1, -0.05) is 67.1 Å². The van der Waals surface area contributed by atoms with Gasteiger partial charge in [-0.2, -0.15) is 5.26 Å². The maximum atomic E-state index is 11.0. The zero-order valence-corrected chi connectivity index (χ0v) is 18.2. The number of hydrogen-bond acceptors (Lipinski definition) is 3. The summed E-state index contributed by atoms with van der Waals surface area (Å²) < 4.78 is 0. The molecule has 2 aliphatic rings. The van der Waals surface area contributed by atoms with E-state index in [4.69, 9.17) is 10.4 Å². The average molecular weight is 433 g/mol. The molecular weight excluding hydrogens is 408 g/mol. The highest BCUT2D eigenvalue weighted by Gasteiger charge is 2.41. The molecule has 33 heavy (non-hydrogen) atoms. The highest BCUT2D eigenvalue weighted by molar-refractivity contribution is 5.91. The molecule has 2 atom stereocenters. The quantitative estimate of drug-likeness (QED) is 0.277. The first-order valence-electron chi connectivity index (χ1n) is 11.3. The predicted molar refractivity (Wildman–Crippen MR) is 131 cm³/mol. The molecular formula is C29H24N2O2. The fraction of sp³-hybridized carbons (Fsp3) is 0.172. The average Bonchev–Trinajstić information content (AvgIpc) is 3.43. The van der Waals surface area contributed by atoms with Crippen molar-refractivity contribution in [2.75, 3.05) is 4.90 Å². The molecule has 0 spiro atoms. The standard InChI is InChI=1S/C29H24N2O2/c30-19-23(29(32)33)9-4-6-20-12-17-28-26(18-20)25-10-5-11-27(25)31(28)24-15-13-22(14-16-24)21-7-2-1-3-8-21/h1-4,6-9,12-18,25,27H,5,10-11H2,(H,32,33). The van der Waals surface area contributed by atoms with Crippen molar-refractivity contribution in [1.29, 1.82) is 5.26 Å². The van der Waals surface area contributed by atoms with E-state index in [0.717, 1.165) is 5.56 Å². The molecule has 0 bridgehead atoms. The highest BCUT2D eigenvalue weighted by Crippen LogP contribution is 2.52. The number of benzene rings is 3. The van der Waals surface area contributed by atoms with E-state index in [9.17, 15) is 4.79 Å². The normalized spacial score (nSPS) is 19.4. The summed E-state index contributed by atoms with van der Waals surface area (Å²) in [7, 11) is 0. The lowest BCUT2D eigenvalue weighted by atomic mass is 9.96. The third-order valence-corrected chi connectivity index (χ3v) is 6.68. The summed E-state index contributed by atoms with van der Waals surface area (Å²) in [5.41, 5.74) is 7.01. The number of nitrogens with zero attached hydrogens (tertiary/aromatic N) is 2. The number of aliphatic carboxylic acids is 1. The molecule has 2 unspecified atom stereocenters. The second-order valence-corrected chi connectivity index (χ2v) is 8.56. The molecule has 5 rings (SSSR count). The van der Waals surface area contributed by atoms with Gasteiger partial charge in [0.05, 0.1) is 0 Å². The van der Waals surface area contributed by atoms with Gasteiger partial charge in [0.1, 0.15) is 11.6 Å². The lowest BCUT2D eigenvalue weighted by Crippen LogP contribution is -2.26. The number of hydrogen-bond donors (Lipinski definition) is 1. The van der Waals surface area contributed by atoms with Crippen molar-refractivity contribution >= 4 is 23.4 Å². The molecule has 1 heterocycles. The van der Waals surface area contributed by atoms with E-state index in [1.807, 2.05) is 12.1 Å². The van der Waals surface area contributed by atoms with E-state index in [-0.39, 0.29) is 5.57 Å². The minimum atomic E-state index is -1.21. The Morgan fingerprint density at radius 2 is 1.76 bits per heavy atom. The van der Waals surface area contributed by atoms with E-state index >= 15 is 0 Å². The van der Waals surface area contributed by atoms with E-state index in [2.05, 4.69) is 71.6 Å². The van der Waals surface area contributed by atoms with Gasteiger partial charge in [-0.15, -0.1) is 0 Å². The Hall–Kier alpha value is -4.10. The molecule has 3 aromatic rings. The van der Waals surface area contributed by atoms with E-state index in [0.29, 0.717) is 12.0 Å². The molecule has 1 aliphatic carbocycles. The topological polar surface area (TPSA) is 64.3 Å². The van der Waals surface area contributed by atoms with E-state index < -0.39 is 5.97 Å². The molecule has 4 heteroatoms. The maximum Gasteiger partial charge on any atom is 0.346 e. The predicted octanol–water partition coefficient (Wildman–Crippen LogP) is 6.69. The van der Waals surface area contributed by atoms with Crippen LogP contribution in [0.4, 0.5) is 11.4 Å². The molecule has 0 saturated heterocycles. The van der Waals surface area contributed by atoms with Crippen molar-refractivity contribution in [3.63, 3.8) is 0 Å². The Labute approximate surface area is 193 Å². The van der Waals surface area contributed by atoms with Gasteiger partial charge < -0.3 is 10.0 Å². The molecule has 3 aromatic carbocycles. The smallest absolute Gasteiger partial charge is 0.346 e. The van der Waals surface area contributed by atoms with Gasteiger partial charge in [0.2, 0.25) is 0 Å². The fourth-order valence-corrected chi connectivity index (χ4v) is 5.17. The molecule has 1 saturated carbocycles. The Morgan fingerprint density at radius 3 is 2.48 bits per heavy atom. The van der Waals surface area contributed by atoms with Gasteiger partial charge in [-0.25, -0.2) is 4.79 Å². The largest absolute Gasteiger partial charge is 0.477 e. The van der Waals surface area contributed by atoms with Crippen molar-refractivity contribution in [1.82, 2.24) is 0 Å². The summed E-state index contributed by atoms with van der Waals surface area (Å²) in [4.78, 5) is 13.5. The van der Waals surface area contributed by atoms with Crippen LogP contribution in [0.5, 0.6) is 0 Å². The minimum absolute atomic E-state index is 0.270. The zero-order chi connectivity index (χ0) is 22.8. The number of carboxylic acids is 1. The Morgan fingerprint density at radius 1 is 1.00 bits per heavy atom. The molecule has 4 nitrogen and oxygen atoms in total. The van der Waals surface area contributed by atoms with Crippen LogP contribution < -0.4 is 4.90 Å². The van der Waals surface area contributed by atoms with Crippen molar-refractivity contribution in [3.8, 4) is 17.2 Å². The Balaban J connectivity index is 1.45.